The van der Waals surface area contributed by atoms with Crippen molar-refractivity contribution in [3.8, 4) is 11.4 Å². The number of rotatable bonds is 12. The summed E-state index contributed by atoms with van der Waals surface area (Å²) >= 11 is 0. The number of nitrogens with zero attached hydrogens (tertiary/aromatic N) is 4. The zero-order valence-electron chi connectivity index (χ0n) is 26.1. The van der Waals surface area contributed by atoms with Crippen molar-refractivity contribution in [2.75, 3.05) is 36.6 Å². The fourth-order valence-corrected chi connectivity index (χ4v) is 4.92. The number of hydrogen-bond acceptors (Lipinski definition) is 6. The number of pyridine rings is 1. The van der Waals surface area contributed by atoms with Gasteiger partial charge in [-0.25, -0.2) is 14.5 Å². The lowest BCUT2D eigenvalue weighted by atomic mass is 10.1. The average Bonchev–Trinajstić information content (AvgIpc) is 3.41. The number of nitrogens with one attached hydrogen (secondary N) is 3. The molecule has 0 aliphatic rings. The van der Waals surface area contributed by atoms with Crippen LogP contribution < -0.4 is 20.7 Å². The number of fused-ring (bicyclic) bond motifs is 1. The molecule has 5 aromatic rings. The lowest BCUT2D eigenvalue weighted by Crippen LogP contribution is -2.27. The maximum absolute atomic E-state index is 13.3. The molecule has 2 aromatic heterocycles. The van der Waals surface area contributed by atoms with Gasteiger partial charge in [0.2, 0.25) is 5.91 Å². The summed E-state index contributed by atoms with van der Waals surface area (Å²) in [4.78, 5) is 31.5. The maximum Gasteiger partial charge on any atom is 0.324 e. The molecule has 0 spiro atoms. The first-order valence-corrected chi connectivity index (χ1v) is 15.1. The van der Waals surface area contributed by atoms with E-state index in [0.717, 1.165) is 52.5 Å². The van der Waals surface area contributed by atoms with Crippen LogP contribution in [0, 0.1) is 6.92 Å². The van der Waals surface area contributed by atoms with E-state index in [0.29, 0.717) is 23.1 Å². The van der Waals surface area contributed by atoms with E-state index in [1.807, 2.05) is 93.8 Å². The van der Waals surface area contributed by atoms with Gasteiger partial charge < -0.3 is 20.3 Å². The Morgan fingerprint density at radius 3 is 2.44 bits per heavy atom. The van der Waals surface area contributed by atoms with E-state index in [1.165, 1.54) is 0 Å². The molecular formula is C35H39N7O3. The van der Waals surface area contributed by atoms with Crippen molar-refractivity contribution < 1.29 is 14.3 Å². The second-order valence-corrected chi connectivity index (χ2v) is 11.2. The maximum atomic E-state index is 13.3. The van der Waals surface area contributed by atoms with E-state index in [9.17, 15) is 9.59 Å². The van der Waals surface area contributed by atoms with Gasteiger partial charge >= 0.3 is 6.03 Å². The van der Waals surface area contributed by atoms with Crippen LogP contribution in [0.25, 0.3) is 16.5 Å². The number of carbonyl (C=O) groups excluding carboxylic acids is 2. The van der Waals surface area contributed by atoms with Crippen LogP contribution in [0.5, 0.6) is 5.75 Å². The number of carbonyl (C=O) groups is 2. The summed E-state index contributed by atoms with van der Waals surface area (Å²) in [6.45, 7) is 4.73. The lowest BCUT2D eigenvalue weighted by Gasteiger charge is -2.15. The van der Waals surface area contributed by atoms with E-state index < -0.39 is 0 Å². The van der Waals surface area contributed by atoms with Crippen molar-refractivity contribution in [3.05, 3.63) is 102 Å². The molecule has 0 radical (unpaired) electrons. The molecule has 0 unspecified atom stereocenters. The van der Waals surface area contributed by atoms with Crippen molar-refractivity contribution >= 4 is 40.0 Å². The Balaban J connectivity index is 1.30. The number of anilines is 3. The number of aromatic nitrogens is 3. The number of aryl methyl sites for hydroxylation is 2. The molecule has 0 saturated heterocycles. The topological polar surface area (TPSA) is 113 Å². The van der Waals surface area contributed by atoms with E-state index in [-0.39, 0.29) is 25.1 Å². The fourth-order valence-electron chi connectivity index (χ4n) is 4.92. The minimum absolute atomic E-state index is 0.139. The van der Waals surface area contributed by atoms with Gasteiger partial charge in [-0.1, -0.05) is 55.3 Å². The van der Waals surface area contributed by atoms with Gasteiger partial charge in [0.05, 0.1) is 23.6 Å². The molecule has 232 valence electrons. The van der Waals surface area contributed by atoms with Crippen LogP contribution in [0.15, 0.2) is 85.1 Å². The van der Waals surface area contributed by atoms with Gasteiger partial charge in [-0.15, -0.1) is 0 Å². The Morgan fingerprint density at radius 1 is 0.911 bits per heavy atom. The third kappa shape index (κ3) is 8.24. The predicted octanol–water partition coefficient (Wildman–Crippen LogP) is 6.79. The molecule has 5 rings (SSSR count). The van der Waals surface area contributed by atoms with Crippen molar-refractivity contribution in [1.29, 1.82) is 0 Å². The zero-order valence-corrected chi connectivity index (χ0v) is 26.1. The van der Waals surface area contributed by atoms with Crippen LogP contribution in [-0.2, 0) is 17.8 Å². The van der Waals surface area contributed by atoms with Gasteiger partial charge in [-0.2, -0.15) is 5.10 Å². The Morgan fingerprint density at radius 2 is 1.69 bits per heavy atom. The number of unbranched alkanes of at least 4 members (excludes halogenated alkanes) is 1. The summed E-state index contributed by atoms with van der Waals surface area (Å²) in [7, 11) is 3.67. The van der Waals surface area contributed by atoms with E-state index >= 15 is 0 Å². The van der Waals surface area contributed by atoms with Crippen LogP contribution in [0.3, 0.4) is 0 Å². The minimum Gasteiger partial charge on any atom is -0.488 e. The van der Waals surface area contributed by atoms with Crippen molar-refractivity contribution in [1.82, 2.24) is 19.7 Å². The Kier molecular flexibility index (Phi) is 10.1. The molecule has 2 heterocycles. The summed E-state index contributed by atoms with van der Waals surface area (Å²) in [5.41, 5.74) is 4.47. The minimum atomic E-state index is -0.371. The first-order chi connectivity index (χ1) is 21.8. The molecule has 0 atom stereocenters. The van der Waals surface area contributed by atoms with Crippen LogP contribution in [0.2, 0.25) is 0 Å². The van der Waals surface area contributed by atoms with E-state index in [4.69, 9.17) is 9.84 Å². The van der Waals surface area contributed by atoms with Crippen LogP contribution >= 0.6 is 0 Å². The summed E-state index contributed by atoms with van der Waals surface area (Å²) in [6.07, 6.45) is 4.56. The summed E-state index contributed by atoms with van der Waals surface area (Å²) in [6, 6.07) is 24.7. The summed E-state index contributed by atoms with van der Waals surface area (Å²) in [5, 5.41) is 15.3. The molecule has 3 amide bonds. The molecule has 0 bridgehead atoms. The first kappa shape index (κ1) is 31.2. The summed E-state index contributed by atoms with van der Waals surface area (Å²) < 4.78 is 7.98. The van der Waals surface area contributed by atoms with Gasteiger partial charge in [0, 0.05) is 23.0 Å². The molecule has 45 heavy (non-hydrogen) atoms. The second kappa shape index (κ2) is 14.5. The smallest absolute Gasteiger partial charge is 0.324 e. The van der Waals surface area contributed by atoms with Crippen LogP contribution in [0.1, 0.15) is 36.6 Å². The summed E-state index contributed by atoms with van der Waals surface area (Å²) in [5.74, 6) is 1.60. The van der Waals surface area contributed by atoms with Crippen LogP contribution in [-0.4, -0.2) is 52.2 Å². The van der Waals surface area contributed by atoms with Crippen molar-refractivity contribution in [2.24, 2.45) is 0 Å². The Bertz CT molecular complexity index is 1780. The monoisotopic (exact) mass is 605 g/mol. The molecule has 0 saturated carbocycles. The highest BCUT2D eigenvalue weighted by molar-refractivity contribution is 6.07. The third-order valence-corrected chi connectivity index (χ3v) is 7.14. The fraction of sp³-hybridized carbons (Fsp3) is 0.257. The number of ether oxygens (including phenoxy) is 1. The lowest BCUT2D eigenvalue weighted by molar-refractivity contribution is -0.116. The van der Waals surface area contributed by atoms with E-state index in [1.54, 1.807) is 21.8 Å². The molecule has 0 aliphatic carbocycles. The number of benzene rings is 3. The number of amides is 3. The molecule has 0 fully saturated rings. The normalized spacial score (nSPS) is 11.0. The SMILES string of the molecule is CCCCc1cc(NC(=O)Nc2ccc(OCc3ccnc(NC(=O)CN(C)C)c3)c3ccccc23)n(-c2ccc(C)cc2)n1. The molecular weight excluding hydrogens is 566 g/mol. The van der Waals surface area contributed by atoms with Crippen molar-refractivity contribution in [3.63, 3.8) is 0 Å². The molecule has 10 nitrogen and oxygen atoms in total. The molecule has 3 N–H and O–H groups in total. The van der Waals surface area contributed by atoms with Gasteiger partial charge in [0.25, 0.3) is 0 Å². The predicted molar refractivity (Wildman–Crippen MR) is 179 cm³/mol. The highest BCUT2D eigenvalue weighted by Gasteiger charge is 2.15. The first-order valence-electron chi connectivity index (χ1n) is 15.1. The third-order valence-electron chi connectivity index (χ3n) is 7.14. The van der Waals surface area contributed by atoms with Gasteiger partial charge in [-0.3, -0.25) is 10.1 Å². The molecule has 0 aliphatic heterocycles. The second-order valence-electron chi connectivity index (χ2n) is 11.2. The van der Waals surface area contributed by atoms with Gasteiger partial charge in [0.1, 0.15) is 24.0 Å². The quantitative estimate of drug-likeness (QED) is 0.144. The highest BCUT2D eigenvalue weighted by Crippen LogP contribution is 2.32. The Hall–Kier alpha value is -5.22. The number of hydrogen-bond donors (Lipinski definition) is 3. The largest absolute Gasteiger partial charge is 0.488 e. The number of likely N-dealkylation sites (N-methyl/N-ethyl adjacent to an activating group) is 1. The zero-order chi connectivity index (χ0) is 31.8. The number of urea groups is 1. The highest BCUT2D eigenvalue weighted by atomic mass is 16.5. The standard InChI is InChI=1S/C35H39N7O3/c1-5-6-9-26-21-33(42(40-26)27-14-12-24(2)13-15-27)39-35(44)37-30-16-17-31(29-11-8-7-10-28(29)30)45-23-25-18-19-36-32(20-25)38-34(43)22-41(3)4/h7-8,10-21H,5-6,9,22-23H2,1-4H3,(H,36,38,43)(H2,37,39,44). The molecule has 3 aromatic carbocycles. The average molecular weight is 606 g/mol. The molecule has 10 heteroatoms. The van der Waals surface area contributed by atoms with Gasteiger partial charge in [0.15, 0.2) is 0 Å². The van der Waals surface area contributed by atoms with Crippen LogP contribution in [0.4, 0.5) is 22.1 Å². The van der Waals surface area contributed by atoms with Gasteiger partial charge in [-0.05, 0) is 75.8 Å². The Labute approximate surface area is 263 Å². The van der Waals surface area contributed by atoms with Crippen molar-refractivity contribution in [2.45, 2.75) is 39.7 Å². The van der Waals surface area contributed by atoms with E-state index in [2.05, 4.69) is 27.9 Å².